The van der Waals surface area contributed by atoms with Crippen molar-refractivity contribution < 1.29 is 5.11 Å². The van der Waals surface area contributed by atoms with E-state index >= 15 is 0 Å². The van der Waals surface area contributed by atoms with Crippen LogP contribution in [0.15, 0.2) is 0 Å². The average Bonchev–Trinajstić information content (AvgIpc) is 2.15. The molecule has 0 aromatic heterocycles. The standard InChI is InChI=1S/C9H19NO/c1-9-4-2-3-5-10(8-9)6-7-11/h9,11H,2-8H2,1H3. The van der Waals surface area contributed by atoms with Crippen molar-refractivity contribution >= 4 is 0 Å². The molecule has 11 heavy (non-hydrogen) atoms. The summed E-state index contributed by atoms with van der Waals surface area (Å²) < 4.78 is 0. The van der Waals surface area contributed by atoms with Gasteiger partial charge in [0.05, 0.1) is 6.61 Å². The number of aliphatic hydroxyl groups excluding tert-OH is 1. The van der Waals surface area contributed by atoms with Gasteiger partial charge in [-0.1, -0.05) is 13.3 Å². The van der Waals surface area contributed by atoms with E-state index in [0.29, 0.717) is 6.61 Å². The summed E-state index contributed by atoms with van der Waals surface area (Å²) in [5, 5.41) is 8.75. The fourth-order valence-corrected chi connectivity index (χ4v) is 1.80. The molecule has 1 aliphatic rings. The van der Waals surface area contributed by atoms with Crippen LogP contribution in [0.1, 0.15) is 26.2 Å². The van der Waals surface area contributed by atoms with E-state index in [1.54, 1.807) is 0 Å². The Morgan fingerprint density at radius 3 is 3.00 bits per heavy atom. The molecule has 1 fully saturated rings. The maximum absolute atomic E-state index is 8.75. The number of rotatable bonds is 2. The van der Waals surface area contributed by atoms with Gasteiger partial charge in [-0.05, 0) is 25.3 Å². The second-order valence-electron chi connectivity index (χ2n) is 3.63. The average molecular weight is 157 g/mol. The molecule has 0 bridgehead atoms. The van der Waals surface area contributed by atoms with E-state index in [1.165, 1.54) is 32.4 Å². The second-order valence-corrected chi connectivity index (χ2v) is 3.63. The summed E-state index contributed by atoms with van der Waals surface area (Å²) in [6, 6.07) is 0. The van der Waals surface area contributed by atoms with Crippen LogP contribution >= 0.6 is 0 Å². The molecule has 1 heterocycles. The van der Waals surface area contributed by atoms with Crippen molar-refractivity contribution in [2.24, 2.45) is 5.92 Å². The highest BCUT2D eigenvalue weighted by Gasteiger charge is 2.13. The number of nitrogens with zero attached hydrogens (tertiary/aromatic N) is 1. The van der Waals surface area contributed by atoms with Gasteiger partial charge in [-0.3, -0.25) is 0 Å². The Morgan fingerprint density at radius 1 is 1.45 bits per heavy atom. The second kappa shape index (κ2) is 4.73. The molecule has 2 nitrogen and oxygen atoms in total. The molecule has 2 heteroatoms. The van der Waals surface area contributed by atoms with Crippen molar-refractivity contribution in [2.75, 3.05) is 26.2 Å². The van der Waals surface area contributed by atoms with Gasteiger partial charge < -0.3 is 10.0 Å². The summed E-state index contributed by atoms with van der Waals surface area (Å²) in [6.07, 6.45) is 4.04. The molecular weight excluding hydrogens is 138 g/mol. The first-order chi connectivity index (χ1) is 5.33. The molecule has 1 saturated heterocycles. The highest BCUT2D eigenvalue weighted by atomic mass is 16.3. The Kier molecular flexibility index (Phi) is 3.87. The normalized spacial score (nSPS) is 28.4. The molecule has 0 aliphatic carbocycles. The topological polar surface area (TPSA) is 23.5 Å². The lowest BCUT2D eigenvalue weighted by Crippen LogP contribution is -2.30. The van der Waals surface area contributed by atoms with Crippen molar-refractivity contribution in [3.63, 3.8) is 0 Å². The minimum absolute atomic E-state index is 0.312. The molecule has 0 saturated carbocycles. The van der Waals surface area contributed by atoms with E-state index in [2.05, 4.69) is 11.8 Å². The van der Waals surface area contributed by atoms with E-state index < -0.39 is 0 Å². The van der Waals surface area contributed by atoms with Gasteiger partial charge in [0.1, 0.15) is 0 Å². The van der Waals surface area contributed by atoms with Crippen LogP contribution in [0.2, 0.25) is 0 Å². The first-order valence-corrected chi connectivity index (χ1v) is 4.66. The lowest BCUT2D eigenvalue weighted by atomic mass is 10.1. The van der Waals surface area contributed by atoms with Gasteiger partial charge in [0.15, 0.2) is 0 Å². The molecule has 1 atom stereocenters. The van der Waals surface area contributed by atoms with Crippen LogP contribution in [0.5, 0.6) is 0 Å². The predicted molar refractivity (Wildman–Crippen MR) is 46.5 cm³/mol. The number of hydrogen-bond donors (Lipinski definition) is 1. The van der Waals surface area contributed by atoms with Crippen molar-refractivity contribution in [1.82, 2.24) is 4.90 Å². The van der Waals surface area contributed by atoms with Gasteiger partial charge in [-0.15, -0.1) is 0 Å². The summed E-state index contributed by atoms with van der Waals surface area (Å²) in [7, 11) is 0. The minimum Gasteiger partial charge on any atom is -0.395 e. The number of likely N-dealkylation sites (tertiary alicyclic amines) is 1. The van der Waals surface area contributed by atoms with Crippen molar-refractivity contribution in [3.8, 4) is 0 Å². The van der Waals surface area contributed by atoms with Crippen LogP contribution in [-0.4, -0.2) is 36.2 Å². The molecule has 0 radical (unpaired) electrons. The summed E-state index contributed by atoms with van der Waals surface area (Å²) in [5.41, 5.74) is 0. The van der Waals surface area contributed by atoms with Gasteiger partial charge in [-0.2, -0.15) is 0 Å². The SMILES string of the molecule is CC1CCCCN(CCO)C1. The molecule has 1 N–H and O–H groups in total. The quantitative estimate of drug-likeness (QED) is 0.649. The van der Waals surface area contributed by atoms with E-state index in [1.807, 2.05) is 0 Å². The molecule has 0 aromatic carbocycles. The van der Waals surface area contributed by atoms with Crippen LogP contribution in [0.25, 0.3) is 0 Å². The van der Waals surface area contributed by atoms with Gasteiger partial charge in [0.2, 0.25) is 0 Å². The third-order valence-electron chi connectivity index (χ3n) is 2.41. The Morgan fingerprint density at radius 2 is 2.27 bits per heavy atom. The first kappa shape index (κ1) is 9.01. The zero-order chi connectivity index (χ0) is 8.10. The van der Waals surface area contributed by atoms with E-state index in [4.69, 9.17) is 5.11 Å². The van der Waals surface area contributed by atoms with Gasteiger partial charge in [0, 0.05) is 13.1 Å². The summed E-state index contributed by atoms with van der Waals surface area (Å²) in [5.74, 6) is 0.823. The Balaban J connectivity index is 2.27. The molecule has 1 rings (SSSR count). The van der Waals surface area contributed by atoms with Crippen molar-refractivity contribution in [2.45, 2.75) is 26.2 Å². The maximum atomic E-state index is 8.75. The lowest BCUT2D eigenvalue weighted by molar-refractivity contribution is 0.188. The zero-order valence-electron chi connectivity index (χ0n) is 7.42. The molecule has 0 amide bonds. The Labute approximate surface area is 69.2 Å². The first-order valence-electron chi connectivity index (χ1n) is 4.66. The monoisotopic (exact) mass is 157 g/mol. The molecule has 66 valence electrons. The largest absolute Gasteiger partial charge is 0.395 e. The van der Waals surface area contributed by atoms with Gasteiger partial charge in [0.25, 0.3) is 0 Å². The lowest BCUT2D eigenvalue weighted by Gasteiger charge is -2.20. The molecule has 0 spiro atoms. The van der Waals surface area contributed by atoms with Crippen LogP contribution in [0.3, 0.4) is 0 Å². The molecular formula is C9H19NO. The fraction of sp³-hybridized carbons (Fsp3) is 1.00. The minimum atomic E-state index is 0.312. The Hall–Kier alpha value is -0.0800. The van der Waals surface area contributed by atoms with Crippen molar-refractivity contribution in [3.05, 3.63) is 0 Å². The number of β-amino-alcohol motifs (C(OH)–C–C–N with tert-alkyl or cyclic N) is 1. The fourth-order valence-electron chi connectivity index (χ4n) is 1.80. The van der Waals surface area contributed by atoms with E-state index in [0.717, 1.165) is 12.5 Å². The van der Waals surface area contributed by atoms with E-state index in [9.17, 15) is 0 Å². The summed E-state index contributed by atoms with van der Waals surface area (Å²) in [6.45, 7) is 5.85. The van der Waals surface area contributed by atoms with Crippen LogP contribution in [0, 0.1) is 5.92 Å². The predicted octanol–water partition coefficient (Wildman–Crippen LogP) is 1.10. The van der Waals surface area contributed by atoms with Crippen LogP contribution < -0.4 is 0 Å². The third-order valence-corrected chi connectivity index (χ3v) is 2.41. The number of aliphatic hydroxyl groups is 1. The van der Waals surface area contributed by atoms with Crippen LogP contribution in [0.4, 0.5) is 0 Å². The number of hydrogen-bond acceptors (Lipinski definition) is 2. The van der Waals surface area contributed by atoms with Crippen LogP contribution in [-0.2, 0) is 0 Å². The van der Waals surface area contributed by atoms with Crippen molar-refractivity contribution in [1.29, 1.82) is 0 Å². The smallest absolute Gasteiger partial charge is 0.0558 e. The van der Waals surface area contributed by atoms with Gasteiger partial charge in [-0.25, -0.2) is 0 Å². The third kappa shape index (κ3) is 3.21. The molecule has 0 aromatic rings. The molecule has 1 aliphatic heterocycles. The highest BCUT2D eigenvalue weighted by molar-refractivity contribution is 4.67. The van der Waals surface area contributed by atoms with Gasteiger partial charge >= 0.3 is 0 Å². The highest BCUT2D eigenvalue weighted by Crippen LogP contribution is 2.14. The Bertz CT molecular complexity index is 106. The molecule has 1 unspecified atom stereocenters. The zero-order valence-corrected chi connectivity index (χ0v) is 7.42. The summed E-state index contributed by atoms with van der Waals surface area (Å²) >= 11 is 0. The summed E-state index contributed by atoms with van der Waals surface area (Å²) in [4.78, 5) is 2.37. The maximum Gasteiger partial charge on any atom is 0.0558 e. The van der Waals surface area contributed by atoms with E-state index in [-0.39, 0.29) is 0 Å².